The number of carbonyl (C=O) groups is 3. The summed E-state index contributed by atoms with van der Waals surface area (Å²) in [6.45, 7) is -0.319. The number of hydrogen-bond acceptors (Lipinski definition) is 5. The lowest BCUT2D eigenvalue weighted by Gasteiger charge is -2.09. The van der Waals surface area contributed by atoms with Gasteiger partial charge in [-0.25, -0.2) is 0 Å². The number of carboxylic acid groups (broad SMARTS) is 1. The van der Waals surface area contributed by atoms with Gasteiger partial charge in [-0.1, -0.05) is 0 Å². The van der Waals surface area contributed by atoms with Crippen molar-refractivity contribution in [2.75, 3.05) is 19.7 Å². The van der Waals surface area contributed by atoms with Crippen LogP contribution >= 0.6 is 0 Å². The van der Waals surface area contributed by atoms with Gasteiger partial charge in [0.25, 0.3) is 0 Å². The second-order valence-corrected chi connectivity index (χ2v) is 3.32. The van der Waals surface area contributed by atoms with Crippen molar-refractivity contribution in [2.24, 2.45) is 5.73 Å². The maximum Gasteiger partial charge on any atom is 0.305 e. The minimum absolute atomic E-state index is 0.0313. The van der Waals surface area contributed by atoms with Crippen molar-refractivity contribution in [3.05, 3.63) is 0 Å². The van der Waals surface area contributed by atoms with E-state index in [2.05, 4.69) is 10.6 Å². The van der Waals surface area contributed by atoms with E-state index in [9.17, 15) is 14.4 Å². The molecule has 8 heteroatoms. The van der Waals surface area contributed by atoms with Gasteiger partial charge in [0.2, 0.25) is 11.8 Å². The summed E-state index contributed by atoms with van der Waals surface area (Å²) in [6.07, 6.45) is -0.114. The first-order chi connectivity index (χ1) is 7.97. The van der Waals surface area contributed by atoms with Crippen LogP contribution in [0.4, 0.5) is 0 Å². The van der Waals surface area contributed by atoms with Crippen LogP contribution in [0.25, 0.3) is 0 Å². The van der Waals surface area contributed by atoms with Crippen LogP contribution in [0.1, 0.15) is 12.8 Å². The van der Waals surface area contributed by atoms with Crippen LogP contribution in [-0.2, 0) is 14.4 Å². The summed E-state index contributed by atoms with van der Waals surface area (Å²) in [5, 5.41) is 21.6. The summed E-state index contributed by atoms with van der Waals surface area (Å²) in [5.74, 6) is -1.89. The fourth-order valence-electron chi connectivity index (χ4n) is 0.910. The molecule has 0 rings (SSSR count). The maximum atomic E-state index is 11.1. The van der Waals surface area contributed by atoms with Gasteiger partial charge in [0.05, 0.1) is 13.0 Å². The fourth-order valence-corrected chi connectivity index (χ4v) is 0.910. The zero-order valence-electron chi connectivity index (χ0n) is 9.31. The molecule has 0 saturated carbocycles. The number of carboxylic acids is 1. The Morgan fingerprint density at radius 1 is 1.12 bits per heavy atom. The SMILES string of the molecule is N[C@@H](CO)C(=O)NCCC(=O)NCCC(=O)O. The molecule has 0 aromatic rings. The minimum atomic E-state index is -0.995. The molecule has 0 saturated heterocycles. The quantitative estimate of drug-likeness (QED) is 0.318. The molecule has 1 atom stereocenters. The van der Waals surface area contributed by atoms with E-state index >= 15 is 0 Å². The van der Waals surface area contributed by atoms with Crippen LogP contribution in [0, 0.1) is 0 Å². The molecule has 0 fully saturated rings. The lowest BCUT2D eigenvalue weighted by molar-refractivity contribution is -0.137. The third-order valence-corrected chi connectivity index (χ3v) is 1.85. The Bertz CT molecular complexity index is 282. The van der Waals surface area contributed by atoms with Crippen LogP contribution in [0.2, 0.25) is 0 Å². The predicted octanol–water partition coefficient (Wildman–Crippen LogP) is -2.60. The number of amides is 2. The Hall–Kier alpha value is -1.67. The van der Waals surface area contributed by atoms with Crippen LogP contribution in [0.5, 0.6) is 0 Å². The zero-order valence-corrected chi connectivity index (χ0v) is 9.31. The van der Waals surface area contributed by atoms with Crippen molar-refractivity contribution in [2.45, 2.75) is 18.9 Å². The first-order valence-corrected chi connectivity index (χ1v) is 5.10. The average Bonchev–Trinajstić information content (AvgIpc) is 2.27. The van der Waals surface area contributed by atoms with E-state index in [1.54, 1.807) is 0 Å². The van der Waals surface area contributed by atoms with Crippen LogP contribution in [0.3, 0.4) is 0 Å². The Labute approximate surface area is 98.2 Å². The normalized spacial score (nSPS) is 11.6. The second kappa shape index (κ2) is 8.48. The molecule has 2 amide bonds. The summed E-state index contributed by atoms with van der Waals surface area (Å²) >= 11 is 0. The Morgan fingerprint density at radius 3 is 2.24 bits per heavy atom. The van der Waals surface area contributed by atoms with Gasteiger partial charge in [-0.15, -0.1) is 0 Å². The first-order valence-electron chi connectivity index (χ1n) is 5.10. The number of nitrogens with two attached hydrogens (primary N) is 1. The number of carbonyl (C=O) groups excluding carboxylic acids is 2. The van der Waals surface area contributed by atoms with E-state index in [-0.39, 0.29) is 31.8 Å². The molecule has 0 unspecified atom stereocenters. The van der Waals surface area contributed by atoms with Gasteiger partial charge in [0.15, 0.2) is 0 Å². The zero-order chi connectivity index (χ0) is 13.3. The van der Waals surface area contributed by atoms with Crippen molar-refractivity contribution >= 4 is 17.8 Å². The van der Waals surface area contributed by atoms with Gasteiger partial charge >= 0.3 is 5.97 Å². The summed E-state index contributed by atoms with van der Waals surface area (Å²) < 4.78 is 0. The van der Waals surface area contributed by atoms with E-state index in [1.165, 1.54) is 0 Å². The summed E-state index contributed by atoms with van der Waals surface area (Å²) in [7, 11) is 0. The number of aliphatic hydroxyl groups excluding tert-OH is 1. The summed E-state index contributed by atoms with van der Waals surface area (Å²) in [4.78, 5) is 32.3. The number of nitrogens with one attached hydrogen (secondary N) is 2. The monoisotopic (exact) mass is 247 g/mol. The number of aliphatic hydroxyl groups is 1. The molecule has 17 heavy (non-hydrogen) atoms. The summed E-state index contributed by atoms with van der Waals surface area (Å²) in [5.41, 5.74) is 5.22. The minimum Gasteiger partial charge on any atom is -0.481 e. The molecule has 0 aliphatic carbocycles. The molecule has 0 bridgehead atoms. The van der Waals surface area contributed by atoms with E-state index in [0.29, 0.717) is 0 Å². The Kier molecular flexibility index (Phi) is 7.65. The highest BCUT2D eigenvalue weighted by molar-refractivity contribution is 5.82. The van der Waals surface area contributed by atoms with Crippen molar-refractivity contribution in [1.82, 2.24) is 10.6 Å². The molecular formula is C9H17N3O5. The topological polar surface area (TPSA) is 142 Å². The largest absolute Gasteiger partial charge is 0.481 e. The molecular weight excluding hydrogens is 230 g/mol. The van der Waals surface area contributed by atoms with E-state index < -0.39 is 24.5 Å². The van der Waals surface area contributed by atoms with Crippen molar-refractivity contribution < 1.29 is 24.6 Å². The van der Waals surface area contributed by atoms with Gasteiger partial charge in [0, 0.05) is 19.5 Å². The molecule has 0 aromatic heterocycles. The maximum absolute atomic E-state index is 11.1. The van der Waals surface area contributed by atoms with Crippen LogP contribution < -0.4 is 16.4 Å². The number of hydrogen-bond donors (Lipinski definition) is 5. The lowest BCUT2D eigenvalue weighted by Crippen LogP contribution is -2.44. The van der Waals surface area contributed by atoms with E-state index in [4.69, 9.17) is 15.9 Å². The summed E-state index contributed by atoms with van der Waals surface area (Å²) in [6, 6.07) is -0.995. The lowest BCUT2D eigenvalue weighted by atomic mass is 10.3. The standard InChI is InChI=1S/C9H17N3O5/c10-6(5-13)9(17)12-3-1-7(14)11-4-2-8(15)16/h6,13H,1-5,10H2,(H,11,14)(H,12,17)(H,15,16)/t6-/m0/s1. The van der Waals surface area contributed by atoms with Gasteiger partial charge in [-0.2, -0.15) is 0 Å². The molecule has 0 aromatic carbocycles. The highest BCUT2D eigenvalue weighted by Crippen LogP contribution is 1.82. The molecule has 98 valence electrons. The smallest absolute Gasteiger partial charge is 0.305 e. The van der Waals surface area contributed by atoms with Gasteiger partial charge < -0.3 is 26.6 Å². The highest BCUT2D eigenvalue weighted by atomic mass is 16.4. The third kappa shape index (κ3) is 8.17. The average molecular weight is 247 g/mol. The van der Waals surface area contributed by atoms with Gasteiger partial charge in [-0.3, -0.25) is 14.4 Å². The number of aliphatic carboxylic acids is 1. The highest BCUT2D eigenvalue weighted by Gasteiger charge is 2.11. The Balaban J connectivity index is 3.57. The second-order valence-electron chi connectivity index (χ2n) is 3.32. The van der Waals surface area contributed by atoms with Crippen LogP contribution in [-0.4, -0.2) is 53.7 Å². The molecule has 8 nitrogen and oxygen atoms in total. The van der Waals surface area contributed by atoms with Crippen molar-refractivity contribution in [3.8, 4) is 0 Å². The number of rotatable bonds is 8. The van der Waals surface area contributed by atoms with E-state index in [0.717, 1.165) is 0 Å². The van der Waals surface area contributed by atoms with Crippen LogP contribution in [0.15, 0.2) is 0 Å². The molecule has 0 radical (unpaired) electrons. The molecule has 6 N–H and O–H groups in total. The van der Waals surface area contributed by atoms with E-state index in [1.807, 2.05) is 0 Å². The Morgan fingerprint density at radius 2 is 1.71 bits per heavy atom. The van der Waals surface area contributed by atoms with Crippen molar-refractivity contribution in [3.63, 3.8) is 0 Å². The molecule has 0 spiro atoms. The molecule has 0 aliphatic heterocycles. The van der Waals surface area contributed by atoms with Gasteiger partial charge in [0.1, 0.15) is 6.04 Å². The molecule has 0 heterocycles. The third-order valence-electron chi connectivity index (χ3n) is 1.85. The van der Waals surface area contributed by atoms with Crippen molar-refractivity contribution in [1.29, 1.82) is 0 Å². The first kappa shape index (κ1) is 15.3. The fraction of sp³-hybridized carbons (Fsp3) is 0.667. The predicted molar refractivity (Wildman–Crippen MR) is 58.0 cm³/mol. The molecule has 0 aliphatic rings. The van der Waals surface area contributed by atoms with Gasteiger partial charge in [-0.05, 0) is 0 Å².